The van der Waals surface area contributed by atoms with Gasteiger partial charge in [-0.15, -0.1) is 11.8 Å². The second kappa shape index (κ2) is 8.90. The van der Waals surface area contributed by atoms with Gasteiger partial charge in [-0.3, -0.25) is 14.6 Å². The first-order valence-corrected chi connectivity index (χ1v) is 10.8. The molecule has 4 rings (SSSR count). The number of anilines is 1. The molecule has 1 aliphatic rings. The van der Waals surface area contributed by atoms with E-state index in [1.165, 1.54) is 11.8 Å². The normalized spacial score (nSPS) is 16.3. The first-order chi connectivity index (χ1) is 14.5. The number of nitrogens with zero attached hydrogens (tertiary/aromatic N) is 2. The van der Waals surface area contributed by atoms with E-state index in [0.717, 1.165) is 16.2 Å². The monoisotopic (exact) mass is 437 g/mol. The van der Waals surface area contributed by atoms with Crippen molar-refractivity contribution in [2.24, 2.45) is 0 Å². The summed E-state index contributed by atoms with van der Waals surface area (Å²) in [5, 5.41) is 2.91. The summed E-state index contributed by atoms with van der Waals surface area (Å²) < 4.78 is 0. The van der Waals surface area contributed by atoms with Crippen molar-refractivity contribution in [2.45, 2.75) is 22.6 Å². The third-order valence-electron chi connectivity index (χ3n) is 4.99. The number of aromatic nitrogens is 1. The van der Waals surface area contributed by atoms with Crippen LogP contribution in [0.3, 0.4) is 0 Å². The Morgan fingerprint density at radius 2 is 1.93 bits per heavy atom. The Labute approximate surface area is 184 Å². The van der Waals surface area contributed by atoms with Crippen LogP contribution in [0, 0.1) is 0 Å². The van der Waals surface area contributed by atoms with Crippen molar-refractivity contribution in [3.05, 3.63) is 89.2 Å². The first kappa shape index (κ1) is 20.4. The smallest absolute Gasteiger partial charge is 0.238 e. The molecule has 5 nitrogen and oxygen atoms in total. The first-order valence-electron chi connectivity index (χ1n) is 9.51. The highest BCUT2D eigenvalue weighted by Gasteiger charge is 2.32. The number of carbonyl (C=O) groups is 2. The number of amides is 2. The number of hydrogen-bond donors (Lipinski definition) is 1. The van der Waals surface area contributed by atoms with Crippen LogP contribution in [0.15, 0.2) is 77.8 Å². The molecule has 2 amide bonds. The largest absolute Gasteiger partial charge is 0.333 e. The van der Waals surface area contributed by atoms with Gasteiger partial charge in [-0.25, -0.2) is 0 Å². The molecule has 0 fully saturated rings. The Hall–Kier alpha value is -2.83. The molecule has 0 saturated carbocycles. The summed E-state index contributed by atoms with van der Waals surface area (Å²) in [6.45, 7) is 0. The van der Waals surface area contributed by atoms with Crippen molar-refractivity contribution < 1.29 is 9.59 Å². The van der Waals surface area contributed by atoms with E-state index in [1.807, 2.05) is 54.6 Å². The van der Waals surface area contributed by atoms with Crippen LogP contribution in [-0.2, 0) is 9.59 Å². The van der Waals surface area contributed by atoms with Crippen molar-refractivity contribution in [2.75, 3.05) is 12.4 Å². The molecule has 1 N–H and O–H groups in total. The summed E-state index contributed by atoms with van der Waals surface area (Å²) in [5.41, 5.74) is 2.43. The van der Waals surface area contributed by atoms with Crippen LogP contribution < -0.4 is 5.32 Å². The van der Waals surface area contributed by atoms with E-state index < -0.39 is 5.25 Å². The number of rotatable bonds is 5. The molecule has 0 bridgehead atoms. The highest BCUT2D eigenvalue weighted by molar-refractivity contribution is 8.01. The number of hydrogen-bond acceptors (Lipinski definition) is 4. The Morgan fingerprint density at radius 1 is 1.17 bits per heavy atom. The minimum Gasteiger partial charge on any atom is -0.333 e. The number of nitrogens with one attached hydrogen (secondary N) is 1. The fourth-order valence-electron chi connectivity index (χ4n) is 3.47. The molecular formula is C23H20ClN3O2S. The predicted molar refractivity (Wildman–Crippen MR) is 120 cm³/mol. The summed E-state index contributed by atoms with van der Waals surface area (Å²) in [5.74, 6) is -0.315. The highest BCUT2D eigenvalue weighted by atomic mass is 35.5. The van der Waals surface area contributed by atoms with Gasteiger partial charge < -0.3 is 10.2 Å². The molecule has 2 atom stereocenters. The SMILES string of the molecule is CN(C(=O)CC1Sc2ccc(Cl)cc2NC1=O)C(c1ccccc1)c1ccccn1. The zero-order valence-electron chi connectivity index (χ0n) is 16.3. The van der Waals surface area contributed by atoms with E-state index >= 15 is 0 Å². The molecule has 2 heterocycles. The van der Waals surface area contributed by atoms with Gasteiger partial charge in [0, 0.05) is 29.6 Å². The predicted octanol–water partition coefficient (Wildman–Crippen LogP) is 4.79. The molecule has 0 saturated heterocycles. The Morgan fingerprint density at radius 3 is 2.67 bits per heavy atom. The number of thioether (sulfide) groups is 1. The topological polar surface area (TPSA) is 62.3 Å². The van der Waals surface area contributed by atoms with E-state index in [-0.39, 0.29) is 24.3 Å². The second-order valence-electron chi connectivity index (χ2n) is 7.01. The molecule has 1 aromatic heterocycles. The summed E-state index contributed by atoms with van der Waals surface area (Å²) in [6.07, 6.45) is 1.81. The lowest BCUT2D eigenvalue weighted by Gasteiger charge is -2.30. The second-order valence-corrected chi connectivity index (χ2v) is 8.69. The van der Waals surface area contributed by atoms with E-state index in [1.54, 1.807) is 30.3 Å². The molecule has 0 radical (unpaired) electrons. The molecule has 3 aromatic rings. The van der Waals surface area contributed by atoms with Gasteiger partial charge in [0.15, 0.2) is 0 Å². The summed E-state index contributed by atoms with van der Waals surface area (Å²) >= 11 is 7.40. The van der Waals surface area contributed by atoms with Gasteiger partial charge in [0.05, 0.1) is 22.7 Å². The Bertz CT molecular complexity index is 1020. The van der Waals surface area contributed by atoms with Gasteiger partial charge in [-0.05, 0) is 35.9 Å². The van der Waals surface area contributed by atoms with Gasteiger partial charge in [0.2, 0.25) is 11.8 Å². The van der Waals surface area contributed by atoms with Gasteiger partial charge in [0.1, 0.15) is 0 Å². The number of fused-ring (bicyclic) bond motifs is 1. The quantitative estimate of drug-likeness (QED) is 0.623. The third-order valence-corrected chi connectivity index (χ3v) is 6.50. The number of carbonyl (C=O) groups excluding carboxylic acids is 2. The van der Waals surface area contributed by atoms with Crippen LogP contribution >= 0.6 is 23.4 Å². The van der Waals surface area contributed by atoms with Crippen molar-refractivity contribution in [1.29, 1.82) is 0 Å². The molecule has 0 spiro atoms. The molecule has 7 heteroatoms. The molecule has 2 aromatic carbocycles. The molecule has 1 aliphatic heterocycles. The number of halogens is 1. The maximum atomic E-state index is 13.2. The van der Waals surface area contributed by atoms with Crippen LogP contribution in [0.1, 0.15) is 23.7 Å². The van der Waals surface area contributed by atoms with Gasteiger partial charge >= 0.3 is 0 Å². The average Bonchev–Trinajstić information content (AvgIpc) is 2.76. The van der Waals surface area contributed by atoms with Crippen LogP contribution in [0.5, 0.6) is 0 Å². The fraction of sp³-hybridized carbons (Fsp3) is 0.174. The lowest BCUT2D eigenvalue weighted by atomic mass is 10.0. The lowest BCUT2D eigenvalue weighted by Crippen LogP contribution is -2.38. The van der Waals surface area contributed by atoms with Crippen LogP contribution in [0.2, 0.25) is 5.02 Å². The standard InChI is InChI=1S/C23H20ClN3O2S/c1-27(22(15-7-3-2-4-8-15)17-9-5-6-12-25-17)21(28)14-20-23(29)26-18-13-16(24)10-11-19(18)30-20/h2-13,20,22H,14H2,1H3,(H,26,29). The van der Waals surface area contributed by atoms with Crippen molar-refractivity contribution >= 4 is 40.9 Å². The molecular weight excluding hydrogens is 418 g/mol. The molecule has 30 heavy (non-hydrogen) atoms. The van der Waals surface area contributed by atoms with Crippen molar-refractivity contribution in [1.82, 2.24) is 9.88 Å². The fourth-order valence-corrected chi connectivity index (χ4v) is 4.72. The minimum absolute atomic E-state index is 0.0885. The van der Waals surface area contributed by atoms with Gasteiger partial charge in [-0.2, -0.15) is 0 Å². The van der Waals surface area contributed by atoms with Crippen LogP contribution in [-0.4, -0.2) is 34.0 Å². The number of pyridine rings is 1. The lowest BCUT2D eigenvalue weighted by molar-refractivity contribution is -0.132. The van der Waals surface area contributed by atoms with Gasteiger partial charge in [-0.1, -0.05) is 48.0 Å². The van der Waals surface area contributed by atoms with Gasteiger partial charge in [0.25, 0.3) is 0 Å². The Kier molecular flexibility index (Phi) is 6.06. The van der Waals surface area contributed by atoms with Crippen molar-refractivity contribution in [3.8, 4) is 0 Å². The van der Waals surface area contributed by atoms with Crippen molar-refractivity contribution in [3.63, 3.8) is 0 Å². The van der Waals surface area contributed by atoms with E-state index in [9.17, 15) is 9.59 Å². The third kappa shape index (κ3) is 4.35. The highest BCUT2D eigenvalue weighted by Crippen LogP contribution is 2.39. The van der Waals surface area contributed by atoms with E-state index in [4.69, 9.17) is 11.6 Å². The minimum atomic E-state index is -0.506. The average molecular weight is 438 g/mol. The van der Waals surface area contributed by atoms with E-state index in [0.29, 0.717) is 10.7 Å². The number of benzene rings is 2. The van der Waals surface area contributed by atoms with Crippen LogP contribution in [0.25, 0.3) is 0 Å². The van der Waals surface area contributed by atoms with E-state index in [2.05, 4.69) is 10.3 Å². The molecule has 0 aliphatic carbocycles. The molecule has 2 unspecified atom stereocenters. The summed E-state index contributed by atoms with van der Waals surface area (Å²) in [7, 11) is 1.76. The zero-order chi connectivity index (χ0) is 21.1. The Balaban J connectivity index is 1.55. The molecule has 152 valence electrons. The maximum Gasteiger partial charge on any atom is 0.238 e. The summed E-state index contributed by atoms with van der Waals surface area (Å²) in [6, 6.07) is 20.5. The summed E-state index contributed by atoms with van der Waals surface area (Å²) in [4.78, 5) is 32.8. The zero-order valence-corrected chi connectivity index (χ0v) is 17.9. The van der Waals surface area contributed by atoms with Crippen LogP contribution in [0.4, 0.5) is 5.69 Å². The maximum absolute atomic E-state index is 13.2.